The van der Waals surface area contributed by atoms with Crippen LogP contribution in [0.15, 0.2) is 6.20 Å². The van der Waals surface area contributed by atoms with Crippen LogP contribution in [0.4, 0.5) is 10.6 Å². The minimum absolute atomic E-state index is 0.0377. The minimum Gasteiger partial charge on any atom is -0.444 e. The zero-order valence-corrected chi connectivity index (χ0v) is 18.3. The molecule has 1 aromatic heterocycles. The zero-order chi connectivity index (χ0) is 22.1. The summed E-state index contributed by atoms with van der Waals surface area (Å²) in [6.07, 6.45) is 5.04. The number of carbonyl (C=O) groups excluding carboxylic acids is 3. The van der Waals surface area contributed by atoms with Gasteiger partial charge < -0.3 is 26.0 Å². The first-order chi connectivity index (χ1) is 14.2. The Morgan fingerprint density at radius 2 is 1.90 bits per heavy atom. The number of hydrogen-bond acceptors (Lipinski definition) is 6. The van der Waals surface area contributed by atoms with E-state index in [0.29, 0.717) is 17.8 Å². The van der Waals surface area contributed by atoms with E-state index in [1.54, 1.807) is 20.8 Å². The number of ether oxygens (including phenoxy) is 1. The van der Waals surface area contributed by atoms with Crippen molar-refractivity contribution >= 4 is 23.7 Å². The predicted octanol–water partition coefficient (Wildman–Crippen LogP) is 1.91. The van der Waals surface area contributed by atoms with E-state index in [2.05, 4.69) is 31.5 Å². The van der Waals surface area contributed by atoms with E-state index in [1.165, 1.54) is 6.20 Å². The summed E-state index contributed by atoms with van der Waals surface area (Å²) in [5.41, 5.74) is -0.132. The number of aromatic nitrogens is 2. The molecule has 1 saturated carbocycles. The highest BCUT2D eigenvalue weighted by Gasteiger charge is 2.26. The fraction of sp³-hybridized carbons (Fsp3) is 0.700. The summed E-state index contributed by atoms with van der Waals surface area (Å²) in [4.78, 5) is 36.4. The van der Waals surface area contributed by atoms with Crippen LogP contribution in [0.25, 0.3) is 0 Å². The van der Waals surface area contributed by atoms with Crippen LogP contribution in [0.2, 0.25) is 0 Å². The lowest BCUT2D eigenvalue weighted by atomic mass is 9.90. The number of amides is 3. The van der Waals surface area contributed by atoms with Crippen molar-refractivity contribution in [3.63, 3.8) is 0 Å². The molecule has 1 aliphatic carbocycles. The van der Waals surface area contributed by atoms with Gasteiger partial charge in [-0.25, -0.2) is 4.79 Å². The maximum Gasteiger partial charge on any atom is 0.408 e. The first-order valence-electron chi connectivity index (χ1n) is 10.5. The monoisotopic (exact) mass is 422 g/mol. The fourth-order valence-corrected chi connectivity index (χ4v) is 3.30. The lowest BCUT2D eigenvalue weighted by Gasteiger charge is -2.30. The Morgan fingerprint density at radius 1 is 1.20 bits per heavy atom. The largest absolute Gasteiger partial charge is 0.444 e. The van der Waals surface area contributed by atoms with Gasteiger partial charge in [0.1, 0.15) is 23.5 Å². The van der Waals surface area contributed by atoms with Gasteiger partial charge in [-0.2, -0.15) is 5.10 Å². The summed E-state index contributed by atoms with van der Waals surface area (Å²) in [5, 5.41) is 18.3. The van der Waals surface area contributed by atoms with Crippen LogP contribution in [-0.2, 0) is 9.53 Å². The summed E-state index contributed by atoms with van der Waals surface area (Å²) in [6.45, 7) is 7.92. The van der Waals surface area contributed by atoms with E-state index in [4.69, 9.17) is 4.74 Å². The fourth-order valence-electron chi connectivity index (χ4n) is 3.30. The Balaban J connectivity index is 1.78. The van der Waals surface area contributed by atoms with E-state index >= 15 is 0 Å². The van der Waals surface area contributed by atoms with Gasteiger partial charge in [-0.1, -0.05) is 6.92 Å². The van der Waals surface area contributed by atoms with E-state index < -0.39 is 11.7 Å². The highest BCUT2D eigenvalue weighted by Crippen LogP contribution is 2.20. The third kappa shape index (κ3) is 7.92. The molecule has 2 unspecified atom stereocenters. The van der Waals surface area contributed by atoms with Crippen LogP contribution in [0, 0.1) is 0 Å². The molecule has 168 valence electrons. The van der Waals surface area contributed by atoms with Gasteiger partial charge in [-0.05, 0) is 52.9 Å². The van der Waals surface area contributed by atoms with Crippen molar-refractivity contribution < 1.29 is 19.1 Å². The van der Waals surface area contributed by atoms with E-state index in [9.17, 15) is 14.4 Å². The number of anilines is 1. The molecule has 1 heterocycles. The smallest absolute Gasteiger partial charge is 0.408 e. The van der Waals surface area contributed by atoms with Gasteiger partial charge in [-0.3, -0.25) is 14.7 Å². The Bertz CT molecular complexity index is 727. The third-order valence-electron chi connectivity index (χ3n) is 4.60. The average Bonchev–Trinajstić information content (AvgIpc) is 3.12. The second kappa shape index (κ2) is 10.8. The molecule has 5 N–H and O–H groups in total. The van der Waals surface area contributed by atoms with E-state index in [1.807, 2.05) is 6.92 Å². The first kappa shape index (κ1) is 23.5. The second-order valence-electron chi connectivity index (χ2n) is 8.54. The van der Waals surface area contributed by atoms with Crippen molar-refractivity contribution in [2.45, 2.75) is 77.5 Å². The Morgan fingerprint density at radius 3 is 2.57 bits per heavy atom. The Labute approximate surface area is 177 Å². The molecule has 1 fully saturated rings. The molecule has 1 aliphatic rings. The number of nitrogens with zero attached hydrogens (tertiary/aromatic N) is 1. The van der Waals surface area contributed by atoms with Crippen LogP contribution in [0.3, 0.4) is 0 Å². The van der Waals surface area contributed by atoms with E-state index in [0.717, 1.165) is 32.2 Å². The second-order valence-corrected chi connectivity index (χ2v) is 8.54. The normalized spacial score (nSPS) is 18.9. The summed E-state index contributed by atoms with van der Waals surface area (Å²) >= 11 is 0. The summed E-state index contributed by atoms with van der Waals surface area (Å²) in [7, 11) is 0. The van der Waals surface area contributed by atoms with Crippen LogP contribution >= 0.6 is 0 Å². The lowest BCUT2D eigenvalue weighted by molar-refractivity contribution is -0.121. The molecule has 0 saturated heterocycles. The van der Waals surface area contributed by atoms with Crippen LogP contribution in [-0.4, -0.2) is 58.9 Å². The third-order valence-corrected chi connectivity index (χ3v) is 4.60. The molecule has 0 aliphatic heterocycles. The quantitative estimate of drug-likeness (QED) is 0.434. The molecule has 2 atom stereocenters. The van der Waals surface area contributed by atoms with Crippen molar-refractivity contribution in [3.8, 4) is 0 Å². The maximum absolute atomic E-state index is 12.6. The molecule has 10 heteroatoms. The van der Waals surface area contributed by atoms with Crippen LogP contribution < -0.4 is 21.3 Å². The SMILES string of the molecule is CCCNc1[nH]ncc1C(=O)NC1CCCC(NC(=O)CNC(=O)OC(C)(C)C)C1. The number of aromatic amines is 1. The molecule has 2 rings (SSSR count). The maximum atomic E-state index is 12.6. The zero-order valence-electron chi connectivity index (χ0n) is 18.3. The number of nitrogens with one attached hydrogen (secondary N) is 5. The number of rotatable bonds is 8. The van der Waals surface area contributed by atoms with Crippen LogP contribution in [0.1, 0.15) is 70.2 Å². The highest BCUT2D eigenvalue weighted by atomic mass is 16.6. The predicted molar refractivity (Wildman–Crippen MR) is 113 cm³/mol. The van der Waals surface area contributed by atoms with Crippen molar-refractivity contribution in [1.29, 1.82) is 0 Å². The minimum atomic E-state index is -0.626. The van der Waals surface area contributed by atoms with Gasteiger partial charge >= 0.3 is 6.09 Å². The van der Waals surface area contributed by atoms with Crippen LogP contribution in [0.5, 0.6) is 0 Å². The summed E-state index contributed by atoms with van der Waals surface area (Å²) in [5.74, 6) is 0.146. The molecule has 30 heavy (non-hydrogen) atoms. The molecule has 3 amide bonds. The molecule has 0 aromatic carbocycles. The average molecular weight is 423 g/mol. The van der Waals surface area contributed by atoms with Crippen molar-refractivity contribution in [2.24, 2.45) is 0 Å². The van der Waals surface area contributed by atoms with Gasteiger partial charge in [0.05, 0.1) is 6.20 Å². The number of hydrogen-bond donors (Lipinski definition) is 5. The molecule has 10 nitrogen and oxygen atoms in total. The first-order valence-corrected chi connectivity index (χ1v) is 10.5. The molecule has 0 spiro atoms. The van der Waals surface area contributed by atoms with E-state index in [-0.39, 0.29) is 30.4 Å². The molecular weight excluding hydrogens is 388 g/mol. The molecule has 0 radical (unpaired) electrons. The van der Waals surface area contributed by atoms with Gasteiger partial charge in [0.15, 0.2) is 0 Å². The Kier molecular flexibility index (Phi) is 8.49. The summed E-state index contributed by atoms with van der Waals surface area (Å²) in [6, 6.07) is -0.0942. The van der Waals surface area contributed by atoms with Crippen molar-refractivity contribution in [2.75, 3.05) is 18.4 Å². The van der Waals surface area contributed by atoms with Crippen molar-refractivity contribution in [3.05, 3.63) is 11.8 Å². The highest BCUT2D eigenvalue weighted by molar-refractivity contribution is 5.98. The summed E-state index contributed by atoms with van der Waals surface area (Å²) < 4.78 is 5.12. The number of carbonyl (C=O) groups is 3. The molecule has 1 aromatic rings. The molecule has 0 bridgehead atoms. The van der Waals surface area contributed by atoms with Gasteiger partial charge in [0, 0.05) is 18.6 Å². The number of alkyl carbamates (subject to hydrolysis) is 1. The Hall–Kier alpha value is -2.78. The standard InChI is InChI=1S/C20H34N6O4/c1-5-9-21-17-15(11-23-26-17)18(28)25-14-8-6-7-13(10-14)24-16(27)12-22-19(29)30-20(2,3)4/h11,13-14H,5-10,12H2,1-4H3,(H,22,29)(H,24,27)(H,25,28)(H2,21,23,26). The van der Waals surface area contributed by atoms with Gasteiger partial charge in [0.25, 0.3) is 5.91 Å². The topological polar surface area (TPSA) is 137 Å². The van der Waals surface area contributed by atoms with Gasteiger partial charge in [-0.15, -0.1) is 0 Å². The van der Waals surface area contributed by atoms with Crippen molar-refractivity contribution in [1.82, 2.24) is 26.1 Å². The number of H-pyrrole nitrogens is 1. The van der Waals surface area contributed by atoms with Gasteiger partial charge in [0.2, 0.25) is 5.91 Å². The lowest BCUT2D eigenvalue weighted by Crippen LogP contribution is -2.48. The molecular formula is C20H34N6O4.